The molecule has 1 aromatic carbocycles. The fourth-order valence-corrected chi connectivity index (χ4v) is 3.22. The van der Waals surface area contributed by atoms with Gasteiger partial charge in [0.25, 0.3) is 0 Å². The zero-order valence-corrected chi connectivity index (χ0v) is 12.8. The lowest BCUT2D eigenvalue weighted by molar-refractivity contribution is -0.307. The first kappa shape index (κ1) is 14.6. The van der Waals surface area contributed by atoms with E-state index in [0.717, 1.165) is 25.0 Å². The molecule has 3 saturated heterocycles. The van der Waals surface area contributed by atoms with E-state index in [4.69, 9.17) is 18.9 Å². The van der Waals surface area contributed by atoms with Crippen LogP contribution in [0.1, 0.15) is 31.6 Å². The van der Waals surface area contributed by atoms with Gasteiger partial charge in [-0.15, -0.1) is 0 Å². The molecule has 120 valence electrons. The minimum Gasteiger partial charge on any atom is -0.351 e. The molecular formula is C17H23NO4. The first-order valence-corrected chi connectivity index (χ1v) is 8.22. The fourth-order valence-electron chi connectivity index (χ4n) is 3.22. The molecule has 0 spiro atoms. The molecule has 1 aromatic rings. The highest BCUT2D eigenvalue weighted by molar-refractivity contribution is 5.18. The van der Waals surface area contributed by atoms with Crippen molar-refractivity contribution in [2.24, 2.45) is 0 Å². The second kappa shape index (κ2) is 6.26. The van der Waals surface area contributed by atoms with E-state index in [1.54, 1.807) is 0 Å². The third-order valence-corrected chi connectivity index (χ3v) is 4.53. The highest BCUT2D eigenvalue weighted by Gasteiger charge is 2.58. The molecule has 0 radical (unpaired) electrons. The monoisotopic (exact) mass is 305 g/mol. The number of benzene rings is 1. The van der Waals surface area contributed by atoms with E-state index in [1.807, 2.05) is 30.3 Å². The second-order valence-electron chi connectivity index (χ2n) is 6.16. The third kappa shape index (κ3) is 2.79. The zero-order chi connectivity index (χ0) is 14.9. The van der Waals surface area contributed by atoms with Crippen LogP contribution in [0.4, 0.5) is 0 Å². The first-order chi connectivity index (χ1) is 10.9. The van der Waals surface area contributed by atoms with Gasteiger partial charge < -0.3 is 24.3 Å². The van der Waals surface area contributed by atoms with Crippen LogP contribution >= 0.6 is 0 Å². The topological polar surface area (TPSA) is 58.9 Å². The lowest BCUT2D eigenvalue weighted by Crippen LogP contribution is -2.52. The molecule has 6 atom stereocenters. The van der Waals surface area contributed by atoms with Gasteiger partial charge in [-0.2, -0.15) is 0 Å². The minimum absolute atomic E-state index is 0.0370. The summed E-state index contributed by atoms with van der Waals surface area (Å²) in [7, 11) is 0. The van der Waals surface area contributed by atoms with E-state index in [1.165, 1.54) is 0 Å². The molecule has 5 heteroatoms. The van der Waals surface area contributed by atoms with Gasteiger partial charge in [-0.05, 0) is 6.42 Å². The second-order valence-corrected chi connectivity index (χ2v) is 6.16. The third-order valence-electron chi connectivity index (χ3n) is 4.53. The number of fused-ring (bicyclic) bond motifs is 3. The summed E-state index contributed by atoms with van der Waals surface area (Å²) in [5, 5.41) is 3.45. The number of ether oxygens (including phenoxy) is 4. The molecule has 0 bridgehead atoms. The van der Waals surface area contributed by atoms with E-state index >= 15 is 0 Å². The van der Waals surface area contributed by atoms with Gasteiger partial charge in [0.05, 0.1) is 18.7 Å². The summed E-state index contributed by atoms with van der Waals surface area (Å²) in [6, 6.07) is 10.6. The van der Waals surface area contributed by atoms with E-state index in [0.29, 0.717) is 12.6 Å². The smallest absolute Gasteiger partial charge is 0.184 e. The summed E-state index contributed by atoms with van der Waals surface area (Å²) >= 11 is 0. The van der Waals surface area contributed by atoms with Crippen molar-refractivity contribution in [2.45, 2.75) is 56.6 Å². The molecule has 3 aliphatic heterocycles. The Morgan fingerprint density at radius 2 is 2.05 bits per heavy atom. The van der Waals surface area contributed by atoms with Crippen LogP contribution in [0, 0.1) is 0 Å². The van der Waals surface area contributed by atoms with Crippen LogP contribution in [0.5, 0.6) is 0 Å². The molecule has 0 aliphatic carbocycles. The maximum absolute atomic E-state index is 6.14. The van der Waals surface area contributed by atoms with Crippen LogP contribution in [-0.2, 0) is 18.9 Å². The molecule has 3 aliphatic rings. The zero-order valence-electron chi connectivity index (χ0n) is 12.8. The van der Waals surface area contributed by atoms with Crippen LogP contribution in [0.3, 0.4) is 0 Å². The molecule has 0 saturated carbocycles. The number of hydrogen-bond acceptors (Lipinski definition) is 5. The van der Waals surface area contributed by atoms with Crippen LogP contribution in [0.15, 0.2) is 30.3 Å². The largest absolute Gasteiger partial charge is 0.351 e. The average molecular weight is 305 g/mol. The standard InChI is InChI=1S/C17H23NO4/c1-2-3-9-19-17-14-13(18-14)15-12(21-17)10-20-16(22-15)11-7-5-4-6-8-11/h4-8,12-18H,2-3,9-10H2,1H3/t12-,13+,14-,15-,16+,17+/m1/s1. The Kier molecular flexibility index (Phi) is 4.15. The summed E-state index contributed by atoms with van der Waals surface area (Å²) in [4.78, 5) is 0. The Hall–Kier alpha value is -0.980. The SMILES string of the molecule is CCCCO[C@H]1O[C@@H]2CO[C@H](c3ccccc3)O[C@H]2[C@H]2N[C@@H]12. The number of rotatable bonds is 5. The molecule has 5 nitrogen and oxygen atoms in total. The van der Waals surface area contributed by atoms with Crippen LogP contribution in [0.25, 0.3) is 0 Å². The van der Waals surface area contributed by atoms with E-state index in [9.17, 15) is 0 Å². The molecular weight excluding hydrogens is 282 g/mol. The van der Waals surface area contributed by atoms with Gasteiger partial charge in [-0.25, -0.2) is 0 Å². The van der Waals surface area contributed by atoms with Crippen molar-refractivity contribution in [1.29, 1.82) is 0 Å². The van der Waals surface area contributed by atoms with Crippen LogP contribution in [-0.4, -0.2) is 43.8 Å². The summed E-state index contributed by atoms with van der Waals surface area (Å²) in [6.45, 7) is 3.45. The van der Waals surface area contributed by atoms with Gasteiger partial charge in [0.2, 0.25) is 0 Å². The summed E-state index contributed by atoms with van der Waals surface area (Å²) in [6.07, 6.45) is 1.71. The van der Waals surface area contributed by atoms with Crippen molar-refractivity contribution in [3.8, 4) is 0 Å². The van der Waals surface area contributed by atoms with Crippen LogP contribution < -0.4 is 5.32 Å². The van der Waals surface area contributed by atoms with Crippen molar-refractivity contribution in [3.05, 3.63) is 35.9 Å². The normalized spacial score (nSPS) is 39.9. The molecule has 1 N–H and O–H groups in total. The Morgan fingerprint density at radius 1 is 1.18 bits per heavy atom. The van der Waals surface area contributed by atoms with Crippen molar-refractivity contribution >= 4 is 0 Å². The van der Waals surface area contributed by atoms with Crippen molar-refractivity contribution in [2.75, 3.05) is 13.2 Å². The van der Waals surface area contributed by atoms with E-state index in [2.05, 4.69) is 12.2 Å². The van der Waals surface area contributed by atoms with Gasteiger partial charge in [0, 0.05) is 12.2 Å². The predicted octanol–water partition coefficient (Wildman–Crippen LogP) is 1.98. The molecule has 3 fully saturated rings. The average Bonchev–Trinajstić information content (AvgIpc) is 3.37. The fraction of sp³-hybridized carbons (Fsp3) is 0.647. The molecule has 0 unspecified atom stereocenters. The Labute approximate surface area is 130 Å². The molecule has 0 amide bonds. The minimum atomic E-state index is -0.299. The van der Waals surface area contributed by atoms with Crippen LogP contribution in [0.2, 0.25) is 0 Å². The summed E-state index contributed by atoms with van der Waals surface area (Å²) in [5.41, 5.74) is 1.06. The van der Waals surface area contributed by atoms with Crippen molar-refractivity contribution in [3.63, 3.8) is 0 Å². The lowest BCUT2D eigenvalue weighted by Gasteiger charge is -2.40. The Morgan fingerprint density at radius 3 is 2.86 bits per heavy atom. The van der Waals surface area contributed by atoms with Crippen molar-refractivity contribution in [1.82, 2.24) is 5.32 Å². The molecule has 3 heterocycles. The van der Waals surface area contributed by atoms with Gasteiger partial charge in [0.15, 0.2) is 12.6 Å². The number of unbranched alkanes of at least 4 members (excludes halogenated alkanes) is 1. The molecule has 4 rings (SSSR count). The molecule has 22 heavy (non-hydrogen) atoms. The summed E-state index contributed by atoms with van der Waals surface area (Å²) < 4.78 is 23.9. The summed E-state index contributed by atoms with van der Waals surface area (Å²) in [5.74, 6) is 0. The maximum Gasteiger partial charge on any atom is 0.184 e. The highest BCUT2D eigenvalue weighted by Crippen LogP contribution is 2.39. The Balaban J connectivity index is 1.38. The Bertz CT molecular complexity index is 497. The van der Waals surface area contributed by atoms with Gasteiger partial charge in [-0.1, -0.05) is 43.7 Å². The van der Waals surface area contributed by atoms with E-state index in [-0.39, 0.29) is 30.8 Å². The van der Waals surface area contributed by atoms with E-state index < -0.39 is 0 Å². The van der Waals surface area contributed by atoms with Crippen molar-refractivity contribution < 1.29 is 18.9 Å². The molecule has 0 aromatic heterocycles. The van der Waals surface area contributed by atoms with Gasteiger partial charge in [0.1, 0.15) is 12.2 Å². The number of hydrogen-bond donors (Lipinski definition) is 1. The van der Waals surface area contributed by atoms with Gasteiger partial charge >= 0.3 is 0 Å². The number of nitrogens with one attached hydrogen (secondary N) is 1. The quantitative estimate of drug-likeness (QED) is 0.666. The lowest BCUT2D eigenvalue weighted by atomic mass is 10.0. The predicted molar refractivity (Wildman–Crippen MR) is 80.2 cm³/mol. The van der Waals surface area contributed by atoms with Gasteiger partial charge in [-0.3, -0.25) is 0 Å². The highest BCUT2D eigenvalue weighted by atomic mass is 16.7. The maximum atomic E-state index is 6.14. The first-order valence-electron chi connectivity index (χ1n) is 8.22.